The zero-order valence-electron chi connectivity index (χ0n) is 8.89. The number of rotatable bonds is 2. The van der Waals surface area contributed by atoms with Crippen LogP contribution in [-0.2, 0) is 0 Å². The van der Waals surface area contributed by atoms with Crippen LogP contribution in [0.15, 0.2) is 4.79 Å². The Hall–Kier alpha value is -1.92. The molecule has 1 aromatic heterocycles. The molecule has 1 N–H and O–H groups in total. The molecule has 2 heterocycles. The predicted molar refractivity (Wildman–Crippen MR) is 57.7 cm³/mol. The van der Waals surface area contributed by atoms with E-state index in [0.29, 0.717) is 5.95 Å². The highest BCUT2D eigenvalue weighted by Crippen LogP contribution is 2.17. The topological polar surface area (TPSA) is 92.1 Å². The molecule has 0 bridgehead atoms. The van der Waals surface area contributed by atoms with E-state index in [1.54, 1.807) is 0 Å². The molecule has 0 aliphatic carbocycles. The third-order valence-corrected chi connectivity index (χ3v) is 2.64. The van der Waals surface area contributed by atoms with E-state index < -0.39 is 16.2 Å². The summed E-state index contributed by atoms with van der Waals surface area (Å²) in [6, 6.07) is 0. The number of aryl methyl sites for hydroxylation is 1. The molecule has 0 spiro atoms. The molecule has 1 aliphatic rings. The van der Waals surface area contributed by atoms with Gasteiger partial charge in [0.15, 0.2) is 0 Å². The minimum absolute atomic E-state index is 0.163. The minimum atomic E-state index is -0.699. The van der Waals surface area contributed by atoms with Crippen molar-refractivity contribution in [3.63, 3.8) is 0 Å². The second-order valence-corrected chi connectivity index (χ2v) is 3.77. The van der Waals surface area contributed by atoms with Crippen LogP contribution in [0.3, 0.4) is 0 Å². The highest BCUT2D eigenvalue weighted by Gasteiger charge is 2.22. The number of nitrogens with one attached hydrogen (secondary N) is 1. The largest absolute Gasteiger partial charge is 0.354 e. The summed E-state index contributed by atoms with van der Waals surface area (Å²) in [5.41, 5.74) is -0.988. The van der Waals surface area contributed by atoms with E-state index in [9.17, 15) is 14.9 Å². The molecule has 0 saturated carbocycles. The molecule has 0 radical (unpaired) electrons. The maximum absolute atomic E-state index is 11.5. The first-order valence-corrected chi connectivity index (χ1v) is 5.10. The van der Waals surface area contributed by atoms with Crippen molar-refractivity contribution in [2.75, 3.05) is 18.0 Å². The van der Waals surface area contributed by atoms with Gasteiger partial charge in [0.25, 0.3) is 0 Å². The maximum Gasteiger partial charge on any atom is 0.354 e. The molecule has 1 aromatic rings. The molecule has 7 heteroatoms. The van der Waals surface area contributed by atoms with E-state index in [1.807, 2.05) is 4.90 Å². The molecule has 0 atom stereocenters. The van der Waals surface area contributed by atoms with Gasteiger partial charge in [-0.1, -0.05) is 0 Å². The molecule has 1 fully saturated rings. The highest BCUT2D eigenvalue weighted by atomic mass is 16.6. The van der Waals surface area contributed by atoms with Crippen molar-refractivity contribution in [2.24, 2.45) is 0 Å². The summed E-state index contributed by atoms with van der Waals surface area (Å²) >= 11 is 0. The lowest BCUT2D eigenvalue weighted by atomic mass is 10.4. The number of nitro groups is 1. The van der Waals surface area contributed by atoms with E-state index in [0.717, 1.165) is 25.9 Å². The molecule has 0 aromatic carbocycles. The van der Waals surface area contributed by atoms with Gasteiger partial charge in [0.1, 0.15) is 5.69 Å². The van der Waals surface area contributed by atoms with Crippen molar-refractivity contribution in [2.45, 2.75) is 19.8 Å². The number of hydrogen-bond donors (Lipinski definition) is 1. The van der Waals surface area contributed by atoms with Crippen LogP contribution in [0.1, 0.15) is 18.5 Å². The monoisotopic (exact) mass is 224 g/mol. The van der Waals surface area contributed by atoms with Gasteiger partial charge in [-0.3, -0.25) is 19.9 Å². The normalized spacial score (nSPS) is 15.4. The summed E-state index contributed by atoms with van der Waals surface area (Å²) in [6.07, 6.45) is 2.11. The Morgan fingerprint density at radius 2 is 2.06 bits per heavy atom. The standard InChI is InChI=1S/C9H12N4O3/c1-6-7(13(15)16)8(14)11-9(10-6)12-4-2-3-5-12/h2-5H2,1H3,(H,10,11,14). The van der Waals surface area contributed by atoms with E-state index in [2.05, 4.69) is 9.97 Å². The van der Waals surface area contributed by atoms with Gasteiger partial charge in [-0.05, 0) is 19.8 Å². The van der Waals surface area contributed by atoms with Crippen LogP contribution < -0.4 is 10.5 Å². The number of aromatic amines is 1. The SMILES string of the molecule is Cc1nc(N2CCCC2)[nH]c(=O)c1[N+](=O)[O-]. The first-order chi connectivity index (χ1) is 7.59. The number of nitrogens with zero attached hydrogens (tertiary/aromatic N) is 3. The van der Waals surface area contributed by atoms with Gasteiger partial charge in [0.05, 0.1) is 4.92 Å². The average molecular weight is 224 g/mol. The smallest absolute Gasteiger partial charge is 0.342 e. The molecule has 1 saturated heterocycles. The summed E-state index contributed by atoms with van der Waals surface area (Å²) in [4.78, 5) is 29.9. The van der Waals surface area contributed by atoms with Crippen molar-refractivity contribution in [3.05, 3.63) is 26.2 Å². The summed E-state index contributed by atoms with van der Waals surface area (Å²) < 4.78 is 0. The van der Waals surface area contributed by atoms with E-state index in [-0.39, 0.29) is 5.69 Å². The fourth-order valence-corrected chi connectivity index (χ4v) is 1.86. The zero-order chi connectivity index (χ0) is 11.7. The molecule has 2 rings (SSSR count). The molecule has 0 unspecified atom stereocenters. The van der Waals surface area contributed by atoms with Crippen molar-refractivity contribution in [1.82, 2.24) is 9.97 Å². The molecular formula is C9H12N4O3. The lowest BCUT2D eigenvalue weighted by Crippen LogP contribution is -2.25. The fourth-order valence-electron chi connectivity index (χ4n) is 1.86. The highest BCUT2D eigenvalue weighted by molar-refractivity contribution is 5.39. The van der Waals surface area contributed by atoms with Gasteiger partial charge in [-0.2, -0.15) is 0 Å². The first kappa shape index (κ1) is 10.6. The Labute approximate surface area is 91.3 Å². The van der Waals surface area contributed by atoms with Gasteiger partial charge < -0.3 is 4.90 Å². The van der Waals surface area contributed by atoms with E-state index in [1.165, 1.54) is 6.92 Å². The Kier molecular flexibility index (Phi) is 2.59. The number of anilines is 1. The number of hydrogen-bond acceptors (Lipinski definition) is 5. The molecule has 16 heavy (non-hydrogen) atoms. The van der Waals surface area contributed by atoms with Gasteiger partial charge in [0, 0.05) is 13.1 Å². The van der Waals surface area contributed by atoms with Crippen molar-refractivity contribution < 1.29 is 4.92 Å². The van der Waals surface area contributed by atoms with E-state index >= 15 is 0 Å². The molecule has 0 amide bonds. The summed E-state index contributed by atoms with van der Waals surface area (Å²) in [6.45, 7) is 3.15. The summed E-state index contributed by atoms with van der Waals surface area (Å²) in [5, 5.41) is 10.6. The Balaban J connectivity index is 2.44. The van der Waals surface area contributed by atoms with Crippen molar-refractivity contribution in [1.29, 1.82) is 0 Å². The second-order valence-electron chi connectivity index (χ2n) is 3.77. The Morgan fingerprint density at radius 3 is 2.56 bits per heavy atom. The van der Waals surface area contributed by atoms with Gasteiger partial charge in [-0.25, -0.2) is 4.98 Å². The molecule has 86 valence electrons. The second kappa shape index (κ2) is 3.92. The average Bonchev–Trinajstić information content (AvgIpc) is 2.67. The van der Waals surface area contributed by atoms with Crippen LogP contribution in [-0.4, -0.2) is 28.0 Å². The summed E-state index contributed by atoms with van der Waals surface area (Å²) in [7, 11) is 0. The van der Waals surface area contributed by atoms with Crippen LogP contribution in [0.25, 0.3) is 0 Å². The number of aromatic nitrogens is 2. The lowest BCUT2D eigenvalue weighted by molar-refractivity contribution is -0.387. The molecular weight excluding hydrogens is 212 g/mol. The van der Waals surface area contributed by atoms with Crippen molar-refractivity contribution in [3.8, 4) is 0 Å². The van der Waals surface area contributed by atoms with E-state index in [4.69, 9.17) is 0 Å². The minimum Gasteiger partial charge on any atom is -0.342 e. The lowest BCUT2D eigenvalue weighted by Gasteiger charge is -2.15. The summed E-state index contributed by atoms with van der Waals surface area (Å²) in [5.74, 6) is 0.436. The van der Waals surface area contributed by atoms with Gasteiger partial charge in [0.2, 0.25) is 5.95 Å². The molecule has 1 aliphatic heterocycles. The zero-order valence-corrected chi connectivity index (χ0v) is 8.89. The van der Waals surface area contributed by atoms with Crippen LogP contribution in [0.4, 0.5) is 11.6 Å². The Bertz CT molecular complexity index is 476. The molecule has 7 nitrogen and oxygen atoms in total. The van der Waals surface area contributed by atoms with Crippen LogP contribution in [0, 0.1) is 17.0 Å². The van der Waals surface area contributed by atoms with Crippen LogP contribution in [0.5, 0.6) is 0 Å². The predicted octanol–water partition coefficient (Wildman–Crippen LogP) is 0.587. The fraction of sp³-hybridized carbons (Fsp3) is 0.556. The van der Waals surface area contributed by atoms with Gasteiger partial charge >= 0.3 is 11.2 Å². The van der Waals surface area contributed by atoms with Crippen molar-refractivity contribution >= 4 is 11.6 Å². The van der Waals surface area contributed by atoms with Crippen LogP contribution >= 0.6 is 0 Å². The quantitative estimate of drug-likeness (QED) is 0.586. The Morgan fingerprint density at radius 1 is 1.44 bits per heavy atom. The first-order valence-electron chi connectivity index (χ1n) is 5.10. The maximum atomic E-state index is 11.5. The third-order valence-electron chi connectivity index (χ3n) is 2.64. The number of H-pyrrole nitrogens is 1. The van der Waals surface area contributed by atoms with Gasteiger partial charge in [-0.15, -0.1) is 0 Å². The van der Waals surface area contributed by atoms with Crippen LogP contribution in [0.2, 0.25) is 0 Å². The third kappa shape index (κ3) is 1.75.